The average molecular weight is 377 g/mol. The molecule has 0 bridgehead atoms. The number of aromatic nitrogens is 2. The van der Waals surface area contributed by atoms with E-state index in [1.807, 2.05) is 30.5 Å². The summed E-state index contributed by atoms with van der Waals surface area (Å²) in [6.07, 6.45) is 2.75. The predicted molar refractivity (Wildman–Crippen MR) is 106 cm³/mol. The van der Waals surface area contributed by atoms with Gasteiger partial charge in [-0.15, -0.1) is 0 Å². The minimum absolute atomic E-state index is 0.245. The molecule has 1 atom stereocenters. The van der Waals surface area contributed by atoms with Crippen LogP contribution in [0, 0.1) is 5.92 Å². The molecule has 0 unspecified atom stereocenters. The van der Waals surface area contributed by atoms with Gasteiger partial charge >= 0.3 is 0 Å². The van der Waals surface area contributed by atoms with Crippen LogP contribution in [0.1, 0.15) is 25.8 Å². The maximum Gasteiger partial charge on any atom is 0.0695 e. The van der Waals surface area contributed by atoms with Crippen molar-refractivity contribution in [2.75, 3.05) is 32.8 Å². The summed E-state index contributed by atoms with van der Waals surface area (Å²) in [6.45, 7) is 9.80. The number of aliphatic hydroxyl groups excluding tert-OH is 1. The summed E-state index contributed by atoms with van der Waals surface area (Å²) in [4.78, 5) is 5.01. The lowest BCUT2D eigenvalue weighted by molar-refractivity contribution is 0.0477. The summed E-state index contributed by atoms with van der Waals surface area (Å²) in [7, 11) is 0. The summed E-state index contributed by atoms with van der Waals surface area (Å²) in [5.74, 6) is 0.646. The molecule has 0 aliphatic carbocycles. The highest BCUT2D eigenvalue weighted by atomic mass is 35.5. The molecule has 3 rings (SSSR count). The lowest BCUT2D eigenvalue weighted by Crippen LogP contribution is -2.53. The van der Waals surface area contributed by atoms with E-state index in [1.54, 1.807) is 0 Å². The number of H-pyrrole nitrogens is 1. The molecule has 2 heterocycles. The smallest absolute Gasteiger partial charge is 0.0695 e. The van der Waals surface area contributed by atoms with Crippen molar-refractivity contribution in [1.29, 1.82) is 0 Å². The van der Waals surface area contributed by atoms with Crippen molar-refractivity contribution in [3.8, 4) is 11.3 Å². The zero-order valence-corrected chi connectivity index (χ0v) is 16.4. The first kappa shape index (κ1) is 19.4. The second-order valence-corrected chi connectivity index (χ2v) is 8.00. The SMILES string of the molecule is CC(C)CN1CCN(Cc2cn[nH]c2-c2ccc(Cl)cc2)C[C@H]1CCO. The van der Waals surface area contributed by atoms with Crippen LogP contribution in [0.2, 0.25) is 5.02 Å². The Labute approximate surface area is 161 Å². The third-order valence-corrected chi connectivity index (χ3v) is 5.25. The van der Waals surface area contributed by atoms with E-state index in [0.29, 0.717) is 12.0 Å². The minimum Gasteiger partial charge on any atom is -0.396 e. The molecule has 1 aromatic heterocycles. The molecule has 2 aromatic rings. The van der Waals surface area contributed by atoms with Crippen molar-refractivity contribution in [1.82, 2.24) is 20.0 Å². The molecule has 0 spiro atoms. The summed E-state index contributed by atoms with van der Waals surface area (Å²) >= 11 is 6.00. The van der Waals surface area contributed by atoms with Crippen molar-refractivity contribution < 1.29 is 5.11 Å². The van der Waals surface area contributed by atoms with Gasteiger partial charge in [-0.1, -0.05) is 37.6 Å². The molecule has 1 saturated heterocycles. The molecule has 1 aromatic carbocycles. The number of nitrogens with zero attached hydrogens (tertiary/aromatic N) is 3. The van der Waals surface area contributed by atoms with Crippen LogP contribution in [-0.4, -0.2) is 63.9 Å². The minimum atomic E-state index is 0.245. The van der Waals surface area contributed by atoms with E-state index in [1.165, 1.54) is 5.56 Å². The van der Waals surface area contributed by atoms with Crippen molar-refractivity contribution in [3.63, 3.8) is 0 Å². The molecule has 1 fully saturated rings. The Hall–Kier alpha value is -1.40. The highest BCUT2D eigenvalue weighted by molar-refractivity contribution is 6.30. The molecule has 2 N–H and O–H groups in total. The normalized spacial score (nSPS) is 19.3. The van der Waals surface area contributed by atoms with Gasteiger partial charge in [0.2, 0.25) is 0 Å². The van der Waals surface area contributed by atoms with Crippen LogP contribution in [-0.2, 0) is 6.54 Å². The third kappa shape index (κ3) is 4.86. The first-order chi connectivity index (χ1) is 12.6. The van der Waals surface area contributed by atoms with Crippen LogP contribution in [0.25, 0.3) is 11.3 Å². The van der Waals surface area contributed by atoms with Gasteiger partial charge < -0.3 is 5.11 Å². The van der Waals surface area contributed by atoms with Crippen LogP contribution in [0.5, 0.6) is 0 Å². The van der Waals surface area contributed by atoms with Crippen molar-refractivity contribution >= 4 is 11.6 Å². The van der Waals surface area contributed by atoms with Gasteiger partial charge in [-0.3, -0.25) is 14.9 Å². The lowest BCUT2D eigenvalue weighted by atomic mass is 10.0. The Balaban J connectivity index is 1.68. The number of hydrogen-bond acceptors (Lipinski definition) is 4. The molecular weight excluding hydrogens is 348 g/mol. The largest absolute Gasteiger partial charge is 0.396 e. The van der Waals surface area contributed by atoms with Crippen LogP contribution in [0.4, 0.5) is 0 Å². The van der Waals surface area contributed by atoms with E-state index < -0.39 is 0 Å². The zero-order chi connectivity index (χ0) is 18.5. The second-order valence-electron chi connectivity index (χ2n) is 7.57. The van der Waals surface area contributed by atoms with Gasteiger partial charge in [0.1, 0.15) is 0 Å². The Kier molecular flexibility index (Phi) is 6.70. The number of halogens is 1. The highest BCUT2D eigenvalue weighted by Gasteiger charge is 2.27. The fourth-order valence-electron chi connectivity index (χ4n) is 3.77. The van der Waals surface area contributed by atoms with Crippen LogP contribution >= 0.6 is 11.6 Å². The van der Waals surface area contributed by atoms with Crippen molar-refractivity contribution in [2.24, 2.45) is 5.92 Å². The lowest BCUT2D eigenvalue weighted by Gasteiger charge is -2.42. The van der Waals surface area contributed by atoms with Crippen LogP contribution in [0.15, 0.2) is 30.5 Å². The number of piperazine rings is 1. The van der Waals surface area contributed by atoms with Crippen LogP contribution < -0.4 is 0 Å². The molecule has 0 amide bonds. The first-order valence-corrected chi connectivity index (χ1v) is 9.80. The molecule has 0 radical (unpaired) electrons. The molecule has 5 nitrogen and oxygen atoms in total. The fraction of sp³-hybridized carbons (Fsp3) is 0.550. The maximum absolute atomic E-state index is 9.46. The molecule has 0 saturated carbocycles. The van der Waals surface area contributed by atoms with E-state index in [2.05, 4.69) is 33.8 Å². The summed E-state index contributed by atoms with van der Waals surface area (Å²) in [6, 6.07) is 8.28. The van der Waals surface area contributed by atoms with Gasteiger partial charge in [-0.25, -0.2) is 0 Å². The van der Waals surface area contributed by atoms with Crippen molar-refractivity contribution in [2.45, 2.75) is 32.9 Å². The Morgan fingerprint density at radius 3 is 2.73 bits per heavy atom. The fourth-order valence-corrected chi connectivity index (χ4v) is 3.90. The van der Waals surface area contributed by atoms with E-state index in [-0.39, 0.29) is 6.61 Å². The number of aliphatic hydroxyl groups is 1. The molecular formula is C20H29ClN4O. The Morgan fingerprint density at radius 2 is 2.04 bits per heavy atom. The first-order valence-electron chi connectivity index (χ1n) is 9.42. The van der Waals surface area contributed by atoms with Gasteiger partial charge in [0.25, 0.3) is 0 Å². The van der Waals surface area contributed by atoms with Gasteiger partial charge in [0, 0.05) is 56.0 Å². The zero-order valence-electron chi connectivity index (χ0n) is 15.7. The van der Waals surface area contributed by atoms with Gasteiger partial charge in [-0.2, -0.15) is 5.10 Å². The number of aromatic amines is 1. The van der Waals surface area contributed by atoms with E-state index >= 15 is 0 Å². The third-order valence-electron chi connectivity index (χ3n) is 5.00. The molecule has 6 heteroatoms. The van der Waals surface area contributed by atoms with Gasteiger partial charge in [0.05, 0.1) is 11.9 Å². The number of nitrogens with one attached hydrogen (secondary N) is 1. The number of benzene rings is 1. The summed E-state index contributed by atoms with van der Waals surface area (Å²) in [5, 5.41) is 17.6. The highest BCUT2D eigenvalue weighted by Crippen LogP contribution is 2.25. The van der Waals surface area contributed by atoms with Gasteiger partial charge in [-0.05, 0) is 30.0 Å². The Bertz CT molecular complexity index is 685. The molecule has 1 aliphatic rings. The van der Waals surface area contributed by atoms with Gasteiger partial charge in [0.15, 0.2) is 0 Å². The average Bonchev–Trinajstić information content (AvgIpc) is 3.06. The topological polar surface area (TPSA) is 55.4 Å². The molecule has 142 valence electrons. The maximum atomic E-state index is 9.46. The van der Waals surface area contributed by atoms with E-state index in [0.717, 1.165) is 55.4 Å². The Morgan fingerprint density at radius 1 is 1.27 bits per heavy atom. The van der Waals surface area contributed by atoms with E-state index in [9.17, 15) is 5.11 Å². The number of rotatable bonds is 7. The number of hydrogen-bond donors (Lipinski definition) is 2. The second kappa shape index (κ2) is 9.00. The quantitative estimate of drug-likeness (QED) is 0.778. The standard InChI is InChI=1S/C20H29ClN4O/c1-15(2)12-25-9-8-24(14-19(25)7-10-26)13-17-11-22-23-20(17)16-3-5-18(21)6-4-16/h3-6,11,15,19,26H,7-10,12-14H2,1-2H3,(H,22,23)/t19-/m1/s1. The van der Waals surface area contributed by atoms with Crippen molar-refractivity contribution in [3.05, 3.63) is 41.0 Å². The molecule has 1 aliphatic heterocycles. The van der Waals surface area contributed by atoms with E-state index in [4.69, 9.17) is 11.6 Å². The summed E-state index contributed by atoms with van der Waals surface area (Å²) in [5.41, 5.74) is 3.37. The van der Waals surface area contributed by atoms with Crippen LogP contribution in [0.3, 0.4) is 0 Å². The molecule has 26 heavy (non-hydrogen) atoms. The monoisotopic (exact) mass is 376 g/mol. The predicted octanol–water partition coefficient (Wildman–Crippen LogP) is 3.25. The summed E-state index contributed by atoms with van der Waals surface area (Å²) < 4.78 is 0.